The minimum Gasteiger partial charge on any atom is -0.321 e. The smallest absolute Gasteiger partial charge is 0.257 e. The normalized spacial score (nSPS) is 10.6. The van der Waals surface area contributed by atoms with Gasteiger partial charge in [0.15, 0.2) is 0 Å². The Kier molecular flexibility index (Phi) is 3.82. The average molecular weight is 315 g/mol. The quantitative estimate of drug-likeness (QED) is 0.687. The van der Waals surface area contributed by atoms with Crippen molar-refractivity contribution in [3.63, 3.8) is 0 Å². The first-order valence-electron chi connectivity index (χ1n) is 6.28. The van der Waals surface area contributed by atoms with Gasteiger partial charge in [0.25, 0.3) is 5.91 Å². The van der Waals surface area contributed by atoms with Crippen LogP contribution in [-0.2, 0) is 0 Å². The van der Waals surface area contributed by atoms with Gasteiger partial charge in [0.2, 0.25) is 0 Å². The van der Waals surface area contributed by atoms with E-state index in [1.54, 1.807) is 24.4 Å². The molecule has 5 heteroatoms. The Hall–Kier alpha value is -2.04. The summed E-state index contributed by atoms with van der Waals surface area (Å²) < 4.78 is 0. The number of fused-ring (bicyclic) bond motifs is 1. The number of hydrogen-bond donors (Lipinski definition) is 2. The fourth-order valence-electron chi connectivity index (χ4n) is 2.03. The number of carbonyl (C=O) groups is 1. The standard InChI is InChI=1S/C16H11ClN2OS/c17-14-6-5-12(21)8-13(14)16(20)19-11-7-10-3-1-2-4-15(10)18-9-11/h1-9,21H,(H,19,20). The minimum absolute atomic E-state index is 0.284. The van der Waals surface area contributed by atoms with Crippen molar-refractivity contribution in [3.05, 3.63) is 65.3 Å². The summed E-state index contributed by atoms with van der Waals surface area (Å²) in [6.45, 7) is 0. The van der Waals surface area contributed by atoms with Gasteiger partial charge < -0.3 is 5.32 Å². The molecular weight excluding hydrogens is 304 g/mol. The summed E-state index contributed by atoms with van der Waals surface area (Å²) in [6, 6.07) is 14.6. The van der Waals surface area contributed by atoms with Crippen molar-refractivity contribution < 1.29 is 4.79 Å². The molecule has 1 N–H and O–H groups in total. The van der Waals surface area contributed by atoms with Gasteiger partial charge in [-0.2, -0.15) is 0 Å². The van der Waals surface area contributed by atoms with Gasteiger partial charge in [-0.25, -0.2) is 0 Å². The third-order valence-corrected chi connectivity index (χ3v) is 3.65. The van der Waals surface area contributed by atoms with E-state index in [9.17, 15) is 4.79 Å². The van der Waals surface area contributed by atoms with Gasteiger partial charge in [-0.3, -0.25) is 9.78 Å². The molecular formula is C16H11ClN2OS. The van der Waals surface area contributed by atoms with E-state index < -0.39 is 0 Å². The Balaban J connectivity index is 1.90. The van der Waals surface area contributed by atoms with Crippen LogP contribution in [-0.4, -0.2) is 10.9 Å². The Morgan fingerprint density at radius 1 is 1.14 bits per heavy atom. The highest BCUT2D eigenvalue weighted by Gasteiger charge is 2.11. The molecule has 0 aliphatic heterocycles. The number of hydrogen-bond acceptors (Lipinski definition) is 3. The minimum atomic E-state index is -0.284. The van der Waals surface area contributed by atoms with E-state index >= 15 is 0 Å². The number of nitrogens with one attached hydrogen (secondary N) is 1. The van der Waals surface area contributed by atoms with Crippen molar-refractivity contribution in [2.24, 2.45) is 0 Å². The lowest BCUT2D eigenvalue weighted by Crippen LogP contribution is -2.12. The molecule has 0 unspecified atom stereocenters. The molecule has 1 amide bonds. The third kappa shape index (κ3) is 3.01. The molecule has 0 atom stereocenters. The van der Waals surface area contributed by atoms with Gasteiger partial charge in [-0.15, -0.1) is 12.6 Å². The molecule has 104 valence electrons. The second-order valence-electron chi connectivity index (χ2n) is 4.53. The van der Waals surface area contributed by atoms with E-state index in [1.807, 2.05) is 30.3 Å². The van der Waals surface area contributed by atoms with Crippen molar-refractivity contribution in [2.75, 3.05) is 5.32 Å². The van der Waals surface area contributed by atoms with Crippen LogP contribution in [0.2, 0.25) is 5.02 Å². The van der Waals surface area contributed by atoms with Crippen LogP contribution in [0.3, 0.4) is 0 Å². The molecule has 2 aromatic carbocycles. The van der Waals surface area contributed by atoms with Gasteiger partial charge in [0.1, 0.15) is 0 Å². The molecule has 0 saturated carbocycles. The number of rotatable bonds is 2. The molecule has 0 radical (unpaired) electrons. The molecule has 3 rings (SSSR count). The summed E-state index contributed by atoms with van der Waals surface area (Å²) >= 11 is 10.3. The highest BCUT2D eigenvalue weighted by molar-refractivity contribution is 7.80. The molecule has 0 bridgehead atoms. The van der Waals surface area contributed by atoms with Crippen LogP contribution >= 0.6 is 24.2 Å². The molecule has 3 nitrogen and oxygen atoms in total. The van der Waals surface area contributed by atoms with Crippen molar-refractivity contribution in [3.8, 4) is 0 Å². The lowest BCUT2D eigenvalue weighted by molar-refractivity contribution is 0.102. The molecule has 0 aliphatic carbocycles. The lowest BCUT2D eigenvalue weighted by atomic mass is 10.2. The van der Waals surface area contributed by atoms with E-state index in [-0.39, 0.29) is 5.91 Å². The van der Waals surface area contributed by atoms with E-state index in [0.717, 1.165) is 10.9 Å². The average Bonchev–Trinajstić information content (AvgIpc) is 2.49. The summed E-state index contributed by atoms with van der Waals surface area (Å²) in [7, 11) is 0. The first-order chi connectivity index (χ1) is 10.1. The summed E-state index contributed by atoms with van der Waals surface area (Å²) in [5.74, 6) is -0.284. The topological polar surface area (TPSA) is 42.0 Å². The Morgan fingerprint density at radius 3 is 2.81 bits per heavy atom. The van der Waals surface area contributed by atoms with Gasteiger partial charge in [0, 0.05) is 10.3 Å². The highest BCUT2D eigenvalue weighted by Crippen LogP contribution is 2.22. The Labute approximate surface area is 132 Å². The number of pyridine rings is 1. The van der Waals surface area contributed by atoms with Gasteiger partial charge >= 0.3 is 0 Å². The summed E-state index contributed by atoms with van der Waals surface area (Å²) in [5, 5.41) is 4.15. The number of aromatic nitrogens is 1. The van der Waals surface area contributed by atoms with Crippen LogP contribution < -0.4 is 5.32 Å². The molecule has 0 spiro atoms. The van der Waals surface area contributed by atoms with E-state index in [1.165, 1.54) is 0 Å². The molecule has 1 heterocycles. The van der Waals surface area contributed by atoms with Gasteiger partial charge in [-0.05, 0) is 30.3 Å². The van der Waals surface area contributed by atoms with E-state index in [0.29, 0.717) is 21.2 Å². The monoisotopic (exact) mass is 314 g/mol. The summed E-state index contributed by atoms with van der Waals surface area (Å²) in [6.07, 6.45) is 1.62. The fourth-order valence-corrected chi connectivity index (χ4v) is 2.43. The number of anilines is 1. The predicted molar refractivity (Wildman–Crippen MR) is 88.4 cm³/mol. The second kappa shape index (κ2) is 5.76. The highest BCUT2D eigenvalue weighted by atomic mass is 35.5. The second-order valence-corrected chi connectivity index (χ2v) is 5.46. The van der Waals surface area contributed by atoms with Crippen molar-refractivity contribution in [1.29, 1.82) is 0 Å². The maximum absolute atomic E-state index is 12.3. The maximum Gasteiger partial charge on any atom is 0.257 e. The van der Waals surface area contributed by atoms with Gasteiger partial charge in [0.05, 0.1) is 28.0 Å². The summed E-state index contributed by atoms with van der Waals surface area (Å²) in [4.78, 5) is 17.3. The van der Waals surface area contributed by atoms with E-state index in [4.69, 9.17) is 11.6 Å². The molecule has 3 aromatic rings. The zero-order valence-electron chi connectivity index (χ0n) is 10.9. The predicted octanol–water partition coefficient (Wildman–Crippen LogP) is 4.43. The van der Waals surface area contributed by atoms with Crippen molar-refractivity contribution >= 4 is 46.7 Å². The van der Waals surface area contributed by atoms with Crippen LogP contribution in [0, 0.1) is 0 Å². The maximum atomic E-state index is 12.3. The van der Waals surface area contributed by atoms with Crippen LogP contribution in [0.5, 0.6) is 0 Å². The first-order valence-corrected chi connectivity index (χ1v) is 7.11. The Bertz CT molecular complexity index is 835. The largest absolute Gasteiger partial charge is 0.321 e. The molecule has 21 heavy (non-hydrogen) atoms. The molecule has 0 saturated heterocycles. The lowest BCUT2D eigenvalue weighted by Gasteiger charge is -2.08. The molecule has 0 fully saturated rings. The number of halogens is 1. The number of para-hydroxylation sites is 1. The molecule has 1 aromatic heterocycles. The van der Waals surface area contributed by atoms with E-state index in [2.05, 4.69) is 22.9 Å². The number of carbonyl (C=O) groups excluding carboxylic acids is 1. The van der Waals surface area contributed by atoms with Crippen LogP contribution in [0.4, 0.5) is 5.69 Å². The molecule has 0 aliphatic rings. The van der Waals surface area contributed by atoms with Gasteiger partial charge in [-0.1, -0.05) is 29.8 Å². The number of benzene rings is 2. The SMILES string of the molecule is O=C(Nc1cnc2ccccc2c1)c1cc(S)ccc1Cl. The van der Waals surface area contributed by atoms with Crippen LogP contribution in [0.15, 0.2) is 59.6 Å². The fraction of sp³-hybridized carbons (Fsp3) is 0. The number of amides is 1. The zero-order valence-corrected chi connectivity index (χ0v) is 12.5. The van der Waals surface area contributed by atoms with Crippen molar-refractivity contribution in [2.45, 2.75) is 4.90 Å². The Morgan fingerprint density at radius 2 is 1.95 bits per heavy atom. The van der Waals surface area contributed by atoms with Crippen molar-refractivity contribution in [1.82, 2.24) is 4.98 Å². The third-order valence-electron chi connectivity index (χ3n) is 3.04. The van der Waals surface area contributed by atoms with Crippen LogP contribution in [0.1, 0.15) is 10.4 Å². The summed E-state index contributed by atoms with van der Waals surface area (Å²) in [5.41, 5.74) is 1.89. The first kappa shape index (κ1) is 13.9. The van der Waals surface area contributed by atoms with Crippen LogP contribution in [0.25, 0.3) is 10.9 Å². The number of thiol groups is 1. The zero-order chi connectivity index (χ0) is 14.8. The number of nitrogens with zero attached hydrogens (tertiary/aromatic N) is 1.